The summed E-state index contributed by atoms with van der Waals surface area (Å²) in [4.78, 5) is 37.4. The summed E-state index contributed by atoms with van der Waals surface area (Å²) in [7, 11) is 1.66. The first-order valence-corrected chi connectivity index (χ1v) is 4.90. The van der Waals surface area contributed by atoms with Gasteiger partial charge in [0.1, 0.15) is 5.54 Å². The molecule has 0 atom stereocenters. The van der Waals surface area contributed by atoms with E-state index in [0.29, 0.717) is 13.1 Å². The fourth-order valence-electron chi connectivity index (χ4n) is 1.75. The molecular formula is C9H16N4O3. The van der Waals surface area contributed by atoms with Crippen LogP contribution in [-0.4, -0.2) is 53.2 Å². The smallest absolute Gasteiger partial charge is 0.323 e. The minimum atomic E-state index is -1.02. The monoisotopic (exact) mass is 228 g/mol. The summed E-state index contributed by atoms with van der Waals surface area (Å²) in [5.74, 6) is 3.00. The number of nitrogens with one attached hydrogen (secondary N) is 1. The van der Waals surface area contributed by atoms with Crippen molar-refractivity contribution in [2.24, 2.45) is 5.84 Å². The van der Waals surface area contributed by atoms with Gasteiger partial charge in [0.2, 0.25) is 5.91 Å². The summed E-state index contributed by atoms with van der Waals surface area (Å²) in [5, 5.41) is 0. The van der Waals surface area contributed by atoms with Gasteiger partial charge >= 0.3 is 11.8 Å². The lowest BCUT2D eigenvalue weighted by atomic mass is 9.97. The summed E-state index contributed by atoms with van der Waals surface area (Å²) in [6.45, 7) is 3.94. The predicted molar refractivity (Wildman–Crippen MR) is 55.8 cm³/mol. The van der Waals surface area contributed by atoms with Crippen LogP contribution in [0, 0.1) is 0 Å². The van der Waals surface area contributed by atoms with Gasteiger partial charge in [-0.25, -0.2) is 5.84 Å². The first kappa shape index (κ1) is 12.4. The zero-order valence-corrected chi connectivity index (χ0v) is 9.61. The van der Waals surface area contributed by atoms with E-state index in [0.717, 1.165) is 0 Å². The second kappa shape index (κ2) is 4.09. The zero-order valence-electron chi connectivity index (χ0n) is 9.61. The molecule has 1 aliphatic rings. The van der Waals surface area contributed by atoms with E-state index in [1.54, 1.807) is 26.3 Å². The summed E-state index contributed by atoms with van der Waals surface area (Å²) < 4.78 is 0. The minimum Gasteiger partial charge on any atom is -0.342 e. The molecule has 0 aliphatic carbocycles. The molecule has 1 saturated heterocycles. The van der Waals surface area contributed by atoms with Crippen LogP contribution in [0.2, 0.25) is 0 Å². The highest BCUT2D eigenvalue weighted by atomic mass is 16.2. The summed E-state index contributed by atoms with van der Waals surface area (Å²) in [6, 6.07) is 0. The summed E-state index contributed by atoms with van der Waals surface area (Å²) >= 11 is 0. The van der Waals surface area contributed by atoms with Crippen LogP contribution in [0.1, 0.15) is 13.8 Å². The SMILES string of the molecule is CN1CCN(C(=O)C(=O)NN)C(C)(C)C1=O. The quantitative estimate of drug-likeness (QED) is 0.218. The molecular weight excluding hydrogens is 212 g/mol. The fraction of sp³-hybridized carbons (Fsp3) is 0.667. The largest absolute Gasteiger partial charge is 0.342 e. The number of hydrogen-bond acceptors (Lipinski definition) is 4. The normalized spacial score (nSPS) is 19.6. The van der Waals surface area contributed by atoms with E-state index in [4.69, 9.17) is 5.84 Å². The Morgan fingerprint density at radius 1 is 1.38 bits per heavy atom. The second-order valence-electron chi connectivity index (χ2n) is 4.22. The minimum absolute atomic E-state index is 0.197. The van der Waals surface area contributed by atoms with Crippen LogP contribution < -0.4 is 11.3 Å². The Hall–Kier alpha value is -1.63. The summed E-state index contributed by atoms with van der Waals surface area (Å²) in [6.07, 6.45) is 0. The molecule has 0 aromatic heterocycles. The molecule has 7 heteroatoms. The third-order valence-electron chi connectivity index (χ3n) is 2.77. The van der Waals surface area contributed by atoms with Crippen LogP contribution >= 0.6 is 0 Å². The number of nitrogens with zero attached hydrogens (tertiary/aromatic N) is 2. The maximum atomic E-state index is 11.8. The van der Waals surface area contributed by atoms with Gasteiger partial charge in [0.25, 0.3) is 0 Å². The molecule has 0 spiro atoms. The Bertz CT molecular complexity index is 340. The predicted octanol–water partition coefficient (Wildman–Crippen LogP) is -1.94. The van der Waals surface area contributed by atoms with Gasteiger partial charge in [-0.2, -0.15) is 0 Å². The van der Waals surface area contributed by atoms with Gasteiger partial charge in [-0.1, -0.05) is 0 Å². The highest BCUT2D eigenvalue weighted by Crippen LogP contribution is 2.21. The molecule has 1 heterocycles. The molecule has 1 aliphatic heterocycles. The van der Waals surface area contributed by atoms with Crippen LogP contribution in [0.4, 0.5) is 0 Å². The number of nitrogens with two attached hydrogens (primary N) is 1. The van der Waals surface area contributed by atoms with E-state index >= 15 is 0 Å². The van der Waals surface area contributed by atoms with Gasteiger partial charge in [0.05, 0.1) is 0 Å². The zero-order chi connectivity index (χ0) is 12.5. The van der Waals surface area contributed by atoms with Gasteiger partial charge in [0.15, 0.2) is 0 Å². The number of rotatable bonds is 0. The Morgan fingerprint density at radius 2 is 1.94 bits per heavy atom. The molecule has 16 heavy (non-hydrogen) atoms. The number of piperazine rings is 1. The van der Waals surface area contributed by atoms with Crippen molar-refractivity contribution in [3.05, 3.63) is 0 Å². The molecule has 3 N–H and O–H groups in total. The number of hydrogen-bond donors (Lipinski definition) is 2. The number of carbonyl (C=O) groups excluding carboxylic acids is 3. The standard InChI is InChI=1S/C9H16N4O3/c1-9(2)8(16)12(3)4-5-13(9)7(15)6(14)11-10/h4-5,10H2,1-3H3,(H,11,14). The molecule has 90 valence electrons. The van der Waals surface area contributed by atoms with E-state index in [1.807, 2.05) is 0 Å². The van der Waals surface area contributed by atoms with Crippen molar-refractivity contribution in [2.45, 2.75) is 19.4 Å². The Balaban J connectivity index is 2.94. The van der Waals surface area contributed by atoms with Crippen LogP contribution in [0.3, 0.4) is 0 Å². The third-order valence-corrected chi connectivity index (χ3v) is 2.77. The van der Waals surface area contributed by atoms with E-state index in [1.165, 1.54) is 9.80 Å². The van der Waals surface area contributed by atoms with Crippen LogP contribution in [-0.2, 0) is 14.4 Å². The first-order chi connectivity index (χ1) is 7.32. The van der Waals surface area contributed by atoms with Crippen LogP contribution in [0.5, 0.6) is 0 Å². The Morgan fingerprint density at radius 3 is 2.44 bits per heavy atom. The highest BCUT2D eigenvalue weighted by Gasteiger charge is 2.44. The number of hydrazine groups is 1. The van der Waals surface area contributed by atoms with Crippen LogP contribution in [0.15, 0.2) is 0 Å². The van der Waals surface area contributed by atoms with Crippen molar-refractivity contribution in [2.75, 3.05) is 20.1 Å². The second-order valence-corrected chi connectivity index (χ2v) is 4.22. The maximum absolute atomic E-state index is 11.8. The first-order valence-electron chi connectivity index (χ1n) is 4.90. The number of amides is 3. The number of carbonyl (C=O) groups is 3. The van der Waals surface area contributed by atoms with E-state index in [2.05, 4.69) is 0 Å². The van der Waals surface area contributed by atoms with Gasteiger partial charge in [0, 0.05) is 20.1 Å². The third kappa shape index (κ3) is 1.85. The molecule has 7 nitrogen and oxygen atoms in total. The average Bonchev–Trinajstić information content (AvgIpc) is 2.24. The molecule has 0 aromatic carbocycles. The average molecular weight is 228 g/mol. The number of likely N-dealkylation sites (N-methyl/N-ethyl adjacent to an activating group) is 1. The van der Waals surface area contributed by atoms with Crippen molar-refractivity contribution >= 4 is 17.7 Å². The van der Waals surface area contributed by atoms with Crippen molar-refractivity contribution in [3.8, 4) is 0 Å². The molecule has 1 rings (SSSR count). The van der Waals surface area contributed by atoms with Crippen LogP contribution in [0.25, 0.3) is 0 Å². The Kier molecular flexibility index (Phi) is 3.18. The lowest BCUT2D eigenvalue weighted by Gasteiger charge is -2.44. The molecule has 0 saturated carbocycles. The van der Waals surface area contributed by atoms with Gasteiger partial charge < -0.3 is 9.80 Å². The molecule has 0 bridgehead atoms. The fourth-order valence-corrected chi connectivity index (χ4v) is 1.75. The van der Waals surface area contributed by atoms with Crippen molar-refractivity contribution in [3.63, 3.8) is 0 Å². The molecule has 3 amide bonds. The molecule has 0 radical (unpaired) electrons. The highest BCUT2D eigenvalue weighted by molar-refractivity contribution is 6.35. The van der Waals surface area contributed by atoms with Crippen molar-refractivity contribution in [1.82, 2.24) is 15.2 Å². The maximum Gasteiger partial charge on any atom is 0.323 e. The van der Waals surface area contributed by atoms with E-state index in [-0.39, 0.29) is 5.91 Å². The van der Waals surface area contributed by atoms with E-state index < -0.39 is 17.4 Å². The molecule has 0 unspecified atom stereocenters. The van der Waals surface area contributed by atoms with Gasteiger partial charge in [-0.05, 0) is 13.8 Å². The summed E-state index contributed by atoms with van der Waals surface area (Å²) in [5.41, 5.74) is 0.754. The van der Waals surface area contributed by atoms with Gasteiger partial charge in [-0.3, -0.25) is 19.8 Å². The van der Waals surface area contributed by atoms with Crippen molar-refractivity contribution in [1.29, 1.82) is 0 Å². The molecule has 1 fully saturated rings. The lowest BCUT2D eigenvalue weighted by molar-refractivity contribution is -0.161. The Labute approximate surface area is 93.5 Å². The lowest BCUT2D eigenvalue weighted by Crippen LogP contribution is -2.65. The molecule has 0 aromatic rings. The van der Waals surface area contributed by atoms with Gasteiger partial charge in [-0.15, -0.1) is 0 Å². The topological polar surface area (TPSA) is 95.7 Å². The van der Waals surface area contributed by atoms with Crippen molar-refractivity contribution < 1.29 is 14.4 Å². The van der Waals surface area contributed by atoms with E-state index in [9.17, 15) is 14.4 Å².